The third-order valence-electron chi connectivity index (χ3n) is 3.16. The van der Waals surface area contributed by atoms with Crippen LogP contribution < -0.4 is 15.4 Å². The quantitative estimate of drug-likeness (QED) is 0.613. The molecular formula is C12H17N3O4. The Labute approximate surface area is 110 Å². The second-order valence-corrected chi connectivity index (χ2v) is 4.38. The molecule has 4 N–H and O–H groups in total. The first-order chi connectivity index (χ1) is 9.07. The first-order valence-corrected chi connectivity index (χ1v) is 6.01. The van der Waals surface area contributed by atoms with Gasteiger partial charge in [-0.15, -0.1) is 0 Å². The number of carbonyl (C=O) groups excluding carboxylic acids is 1. The van der Waals surface area contributed by atoms with Gasteiger partial charge in [-0.1, -0.05) is 12.1 Å². The molecule has 1 aliphatic rings. The van der Waals surface area contributed by atoms with Crippen molar-refractivity contribution in [3.05, 3.63) is 24.3 Å². The summed E-state index contributed by atoms with van der Waals surface area (Å²) in [7, 11) is 0. The number of amides is 1. The molecule has 2 unspecified atom stereocenters. The summed E-state index contributed by atoms with van der Waals surface area (Å²) in [5.41, 5.74) is 0.788. The van der Waals surface area contributed by atoms with Gasteiger partial charge in [-0.3, -0.25) is 15.2 Å². The summed E-state index contributed by atoms with van der Waals surface area (Å²) in [6.07, 6.45) is 0. The molecule has 1 aromatic rings. The van der Waals surface area contributed by atoms with E-state index in [4.69, 9.17) is 5.11 Å². The normalized spacial score (nSPS) is 22.1. The van der Waals surface area contributed by atoms with Gasteiger partial charge < -0.3 is 10.4 Å². The Morgan fingerprint density at radius 2 is 1.84 bits per heavy atom. The molecule has 0 radical (unpaired) electrons. The van der Waals surface area contributed by atoms with E-state index >= 15 is 0 Å². The summed E-state index contributed by atoms with van der Waals surface area (Å²) in [4.78, 5) is 12.0. The predicted molar refractivity (Wildman–Crippen MR) is 68.3 cm³/mol. The molecule has 1 aromatic carbocycles. The standard InChI is InChI=1S/C12H17N3O4/c1-8-11(12(17)13-6-7-16)15(19)10-5-3-2-4-9(10)14(8)18/h2-5,8,11,16,18-19H,6-7H2,1H3,(H,13,17). The SMILES string of the molecule is CC1C(C(=O)NCCO)N(O)c2ccccc2N1O. The average molecular weight is 267 g/mol. The van der Waals surface area contributed by atoms with Crippen LogP contribution in [0.15, 0.2) is 24.3 Å². The maximum Gasteiger partial charge on any atom is 0.247 e. The molecule has 19 heavy (non-hydrogen) atoms. The average Bonchev–Trinajstić information content (AvgIpc) is 2.43. The number of hydrogen-bond donors (Lipinski definition) is 4. The Bertz CT molecular complexity index is 468. The van der Waals surface area contributed by atoms with E-state index in [1.54, 1.807) is 31.2 Å². The van der Waals surface area contributed by atoms with Gasteiger partial charge in [-0.25, -0.2) is 10.1 Å². The van der Waals surface area contributed by atoms with Gasteiger partial charge in [0, 0.05) is 6.54 Å². The Kier molecular flexibility index (Phi) is 3.89. The Balaban J connectivity index is 2.30. The fraction of sp³-hybridized carbons (Fsp3) is 0.417. The lowest BCUT2D eigenvalue weighted by molar-refractivity contribution is -0.125. The highest BCUT2D eigenvalue weighted by molar-refractivity contribution is 5.89. The fourth-order valence-electron chi connectivity index (χ4n) is 2.17. The van der Waals surface area contributed by atoms with Gasteiger partial charge in [-0.2, -0.15) is 0 Å². The van der Waals surface area contributed by atoms with Crippen molar-refractivity contribution in [1.82, 2.24) is 5.32 Å². The Hall–Kier alpha value is -1.83. The molecule has 2 rings (SSSR count). The minimum absolute atomic E-state index is 0.100. The molecule has 1 heterocycles. The molecule has 104 valence electrons. The van der Waals surface area contributed by atoms with Crippen molar-refractivity contribution < 1.29 is 20.3 Å². The first kappa shape index (κ1) is 13.6. The van der Waals surface area contributed by atoms with Gasteiger partial charge >= 0.3 is 0 Å². The summed E-state index contributed by atoms with van der Waals surface area (Å²) in [6, 6.07) is 5.11. The summed E-state index contributed by atoms with van der Waals surface area (Å²) in [6.45, 7) is 1.54. The van der Waals surface area contributed by atoms with Crippen molar-refractivity contribution >= 4 is 17.3 Å². The molecule has 7 nitrogen and oxygen atoms in total. The number of nitrogens with zero attached hydrogens (tertiary/aromatic N) is 2. The number of anilines is 2. The zero-order valence-electron chi connectivity index (χ0n) is 10.5. The topological polar surface area (TPSA) is 96.3 Å². The van der Waals surface area contributed by atoms with Gasteiger partial charge in [0.15, 0.2) is 6.04 Å². The molecule has 0 aliphatic carbocycles. The minimum Gasteiger partial charge on any atom is -0.395 e. The third kappa shape index (κ3) is 2.35. The maximum absolute atomic E-state index is 12.0. The van der Waals surface area contributed by atoms with Gasteiger partial charge in [0.05, 0.1) is 24.0 Å². The molecule has 0 bridgehead atoms. The van der Waals surface area contributed by atoms with Crippen LogP contribution in [0.1, 0.15) is 6.92 Å². The monoisotopic (exact) mass is 267 g/mol. The second kappa shape index (κ2) is 5.43. The van der Waals surface area contributed by atoms with Crippen molar-refractivity contribution in [2.45, 2.75) is 19.0 Å². The molecule has 2 atom stereocenters. The molecule has 0 fully saturated rings. The lowest BCUT2D eigenvalue weighted by Gasteiger charge is -2.41. The number of hydrogen-bond acceptors (Lipinski definition) is 6. The van der Waals surface area contributed by atoms with E-state index in [0.29, 0.717) is 11.4 Å². The van der Waals surface area contributed by atoms with Crippen LogP contribution in [0.5, 0.6) is 0 Å². The van der Waals surface area contributed by atoms with E-state index in [1.165, 1.54) is 0 Å². The Morgan fingerprint density at radius 1 is 1.26 bits per heavy atom. The van der Waals surface area contributed by atoms with Crippen LogP contribution >= 0.6 is 0 Å². The van der Waals surface area contributed by atoms with Gasteiger partial charge in [-0.05, 0) is 19.1 Å². The van der Waals surface area contributed by atoms with Crippen LogP contribution in [0.25, 0.3) is 0 Å². The zero-order chi connectivity index (χ0) is 14.0. The molecular weight excluding hydrogens is 250 g/mol. The number of fused-ring (bicyclic) bond motifs is 1. The lowest BCUT2D eigenvalue weighted by Crippen LogP contribution is -2.59. The molecule has 1 aliphatic heterocycles. The summed E-state index contributed by atoms with van der Waals surface area (Å²) in [5.74, 6) is -0.461. The highest BCUT2D eigenvalue weighted by atomic mass is 16.5. The molecule has 1 amide bonds. The number of benzene rings is 1. The third-order valence-corrected chi connectivity index (χ3v) is 3.16. The van der Waals surface area contributed by atoms with Crippen LogP contribution in [0, 0.1) is 0 Å². The number of rotatable bonds is 3. The van der Waals surface area contributed by atoms with Gasteiger partial charge in [0.1, 0.15) is 0 Å². The maximum atomic E-state index is 12.0. The number of hydroxylamine groups is 2. The van der Waals surface area contributed by atoms with E-state index in [-0.39, 0.29) is 13.2 Å². The molecule has 0 aromatic heterocycles. The highest BCUT2D eigenvalue weighted by Crippen LogP contribution is 2.35. The van der Waals surface area contributed by atoms with Crippen LogP contribution in [-0.4, -0.2) is 46.7 Å². The van der Waals surface area contributed by atoms with Crippen LogP contribution in [0.2, 0.25) is 0 Å². The fourth-order valence-corrected chi connectivity index (χ4v) is 2.17. The van der Waals surface area contributed by atoms with Gasteiger partial charge in [0.25, 0.3) is 0 Å². The number of aliphatic hydroxyl groups is 1. The van der Waals surface area contributed by atoms with E-state index < -0.39 is 18.0 Å². The summed E-state index contributed by atoms with van der Waals surface area (Å²) >= 11 is 0. The number of para-hydroxylation sites is 2. The van der Waals surface area contributed by atoms with Crippen molar-refractivity contribution in [3.8, 4) is 0 Å². The smallest absolute Gasteiger partial charge is 0.247 e. The Morgan fingerprint density at radius 3 is 2.42 bits per heavy atom. The molecule has 0 saturated heterocycles. The molecule has 7 heteroatoms. The second-order valence-electron chi connectivity index (χ2n) is 4.38. The van der Waals surface area contributed by atoms with Gasteiger partial charge in [0.2, 0.25) is 5.91 Å². The van der Waals surface area contributed by atoms with Crippen molar-refractivity contribution in [3.63, 3.8) is 0 Å². The largest absolute Gasteiger partial charge is 0.395 e. The minimum atomic E-state index is -0.952. The number of carbonyl (C=O) groups is 1. The zero-order valence-corrected chi connectivity index (χ0v) is 10.5. The van der Waals surface area contributed by atoms with Crippen LogP contribution in [0.4, 0.5) is 11.4 Å². The number of nitrogens with one attached hydrogen (secondary N) is 1. The van der Waals surface area contributed by atoms with Crippen LogP contribution in [0.3, 0.4) is 0 Å². The van der Waals surface area contributed by atoms with E-state index in [0.717, 1.165) is 10.1 Å². The lowest BCUT2D eigenvalue weighted by atomic mass is 10.0. The van der Waals surface area contributed by atoms with Crippen molar-refractivity contribution in [1.29, 1.82) is 0 Å². The van der Waals surface area contributed by atoms with E-state index in [1.807, 2.05) is 0 Å². The van der Waals surface area contributed by atoms with Crippen molar-refractivity contribution in [2.24, 2.45) is 0 Å². The van der Waals surface area contributed by atoms with Crippen LogP contribution in [-0.2, 0) is 4.79 Å². The predicted octanol–water partition coefficient (Wildman–Crippen LogP) is -0.0430. The molecule has 0 saturated carbocycles. The highest BCUT2D eigenvalue weighted by Gasteiger charge is 2.40. The number of aliphatic hydroxyl groups excluding tert-OH is 1. The van der Waals surface area contributed by atoms with E-state index in [2.05, 4.69) is 5.32 Å². The van der Waals surface area contributed by atoms with Crippen molar-refractivity contribution in [2.75, 3.05) is 23.3 Å². The van der Waals surface area contributed by atoms with E-state index in [9.17, 15) is 15.2 Å². The summed E-state index contributed by atoms with van der Waals surface area (Å²) in [5, 5.41) is 33.2. The first-order valence-electron chi connectivity index (χ1n) is 6.01. The summed E-state index contributed by atoms with van der Waals surface area (Å²) < 4.78 is 0. The molecule has 0 spiro atoms.